The van der Waals surface area contributed by atoms with Crippen LogP contribution in [0.25, 0.3) is 0 Å². The molecule has 3 aromatic rings. The highest BCUT2D eigenvalue weighted by molar-refractivity contribution is 5.58. The van der Waals surface area contributed by atoms with Gasteiger partial charge in [0.25, 0.3) is 0 Å². The van der Waals surface area contributed by atoms with Crippen molar-refractivity contribution in [2.45, 2.75) is 57.8 Å². The zero-order chi connectivity index (χ0) is 23.4. The summed E-state index contributed by atoms with van der Waals surface area (Å²) in [6.07, 6.45) is 7.98. The van der Waals surface area contributed by atoms with Gasteiger partial charge in [0.1, 0.15) is 11.5 Å². The summed E-state index contributed by atoms with van der Waals surface area (Å²) in [7, 11) is 0. The molecule has 4 nitrogen and oxygen atoms in total. The first-order valence-corrected chi connectivity index (χ1v) is 12.6. The van der Waals surface area contributed by atoms with E-state index < -0.39 is 0 Å². The van der Waals surface area contributed by atoms with Crippen LogP contribution >= 0.6 is 0 Å². The van der Waals surface area contributed by atoms with Crippen molar-refractivity contribution in [3.63, 3.8) is 0 Å². The highest BCUT2D eigenvalue weighted by atomic mass is 16.5. The highest BCUT2D eigenvalue weighted by Crippen LogP contribution is 2.63. The average molecular weight is 455 g/mol. The number of anilines is 2. The van der Waals surface area contributed by atoms with Crippen LogP contribution in [-0.2, 0) is 5.41 Å². The molecule has 0 atom stereocenters. The lowest BCUT2D eigenvalue weighted by Gasteiger charge is -2.57. The Kier molecular flexibility index (Phi) is 5.02. The molecule has 3 aromatic carbocycles. The number of hydrogen-bond donors (Lipinski definition) is 2. The number of nitrogens with two attached hydrogens (primary N) is 2. The largest absolute Gasteiger partial charge is 0.453 e. The number of para-hydroxylation sites is 1. The summed E-state index contributed by atoms with van der Waals surface area (Å²) >= 11 is 0. The Balaban J connectivity index is 1.48. The maximum absolute atomic E-state index is 6.75. The Morgan fingerprint density at radius 2 is 1.21 bits per heavy atom. The molecule has 4 heteroatoms. The van der Waals surface area contributed by atoms with Gasteiger partial charge < -0.3 is 20.9 Å². The third kappa shape index (κ3) is 3.70. The maximum Gasteiger partial charge on any atom is 0.173 e. The Hall–Kier alpha value is -3.14. The zero-order valence-electron chi connectivity index (χ0n) is 20.1. The Bertz CT molecular complexity index is 1210. The number of nitrogen functional groups attached to an aromatic ring is 2. The normalized spacial score (nSPS) is 27.1. The van der Waals surface area contributed by atoms with Crippen molar-refractivity contribution < 1.29 is 9.47 Å². The van der Waals surface area contributed by atoms with E-state index in [1.807, 2.05) is 49.4 Å². The summed E-state index contributed by atoms with van der Waals surface area (Å²) in [6.45, 7) is 4.10. The lowest BCUT2D eigenvalue weighted by atomic mass is 9.48. The molecular formula is C30H34N2O2. The topological polar surface area (TPSA) is 70.5 Å². The molecule has 4 fully saturated rings. The second-order valence-corrected chi connectivity index (χ2v) is 11.1. The van der Waals surface area contributed by atoms with E-state index in [-0.39, 0.29) is 5.41 Å². The first-order chi connectivity index (χ1) is 16.4. The zero-order valence-corrected chi connectivity index (χ0v) is 20.1. The molecule has 34 heavy (non-hydrogen) atoms. The lowest BCUT2D eigenvalue weighted by molar-refractivity contribution is -0.00609. The SMILES string of the molecule is Cc1ccc(N)cc1Oc1cccc(C23CC4CC(CC(C4)C2)C3)c1Oc1cc(N)ccc1C. The Labute approximate surface area is 202 Å². The van der Waals surface area contributed by atoms with Crippen molar-refractivity contribution in [3.8, 4) is 23.0 Å². The molecule has 4 saturated carbocycles. The molecule has 0 heterocycles. The van der Waals surface area contributed by atoms with Gasteiger partial charge in [-0.2, -0.15) is 0 Å². The van der Waals surface area contributed by atoms with Gasteiger partial charge in [-0.25, -0.2) is 0 Å². The molecule has 0 saturated heterocycles. The fourth-order valence-corrected chi connectivity index (χ4v) is 7.24. The van der Waals surface area contributed by atoms with Gasteiger partial charge in [0.2, 0.25) is 0 Å². The van der Waals surface area contributed by atoms with Crippen LogP contribution in [0.3, 0.4) is 0 Å². The van der Waals surface area contributed by atoms with Gasteiger partial charge in [-0.15, -0.1) is 0 Å². The first kappa shape index (κ1) is 21.4. The van der Waals surface area contributed by atoms with Crippen LogP contribution < -0.4 is 20.9 Å². The van der Waals surface area contributed by atoms with Gasteiger partial charge in [-0.1, -0.05) is 24.3 Å². The molecule has 4 aliphatic rings. The molecule has 4 N–H and O–H groups in total. The third-order valence-electron chi connectivity index (χ3n) is 8.44. The van der Waals surface area contributed by atoms with Crippen molar-refractivity contribution >= 4 is 11.4 Å². The fraction of sp³-hybridized carbons (Fsp3) is 0.400. The summed E-state index contributed by atoms with van der Waals surface area (Å²) in [4.78, 5) is 0. The van der Waals surface area contributed by atoms with E-state index in [0.717, 1.165) is 51.9 Å². The molecule has 4 bridgehead atoms. The number of hydrogen-bond acceptors (Lipinski definition) is 4. The molecule has 0 spiro atoms. The van der Waals surface area contributed by atoms with Crippen molar-refractivity contribution in [2.24, 2.45) is 17.8 Å². The molecular weight excluding hydrogens is 420 g/mol. The van der Waals surface area contributed by atoms with E-state index >= 15 is 0 Å². The van der Waals surface area contributed by atoms with Crippen molar-refractivity contribution in [2.75, 3.05) is 11.5 Å². The van der Waals surface area contributed by atoms with Gasteiger partial charge in [-0.05, 0) is 105 Å². The standard InChI is InChI=1S/C30H34N2O2/c1-18-6-8-23(31)13-27(18)33-26-5-3-4-25(29(26)34-28-14-24(32)9-7-19(28)2)30-15-20-10-21(16-30)12-22(11-20)17-30/h3-9,13-14,20-22H,10-12,15-17,31-32H2,1-2H3. The fourth-order valence-electron chi connectivity index (χ4n) is 7.24. The van der Waals surface area contributed by atoms with Crippen LogP contribution in [0, 0.1) is 31.6 Å². The monoisotopic (exact) mass is 454 g/mol. The van der Waals surface area contributed by atoms with Crippen molar-refractivity contribution in [3.05, 3.63) is 71.3 Å². The molecule has 4 aliphatic carbocycles. The van der Waals surface area contributed by atoms with E-state index in [2.05, 4.69) is 19.1 Å². The minimum absolute atomic E-state index is 0.169. The summed E-state index contributed by atoms with van der Waals surface area (Å²) in [5, 5.41) is 0. The van der Waals surface area contributed by atoms with Crippen LogP contribution in [0.4, 0.5) is 11.4 Å². The summed E-state index contributed by atoms with van der Waals surface area (Å²) in [5.41, 5.74) is 17.2. The van der Waals surface area contributed by atoms with E-state index in [4.69, 9.17) is 20.9 Å². The highest BCUT2D eigenvalue weighted by Gasteiger charge is 2.52. The summed E-state index contributed by atoms with van der Waals surface area (Å²) in [5.74, 6) is 5.64. The Morgan fingerprint density at radius 1 is 0.676 bits per heavy atom. The number of ether oxygens (including phenoxy) is 2. The molecule has 176 valence electrons. The second kappa shape index (κ2) is 7.97. The first-order valence-electron chi connectivity index (χ1n) is 12.6. The van der Waals surface area contributed by atoms with Gasteiger partial charge in [0.15, 0.2) is 11.5 Å². The third-order valence-corrected chi connectivity index (χ3v) is 8.44. The van der Waals surface area contributed by atoms with Crippen LogP contribution in [0.15, 0.2) is 54.6 Å². The van der Waals surface area contributed by atoms with Gasteiger partial charge >= 0.3 is 0 Å². The van der Waals surface area contributed by atoms with Crippen LogP contribution in [-0.4, -0.2) is 0 Å². The van der Waals surface area contributed by atoms with Crippen molar-refractivity contribution in [1.29, 1.82) is 0 Å². The molecule has 0 amide bonds. The summed E-state index contributed by atoms with van der Waals surface area (Å²) < 4.78 is 13.3. The number of aryl methyl sites for hydroxylation is 2. The smallest absolute Gasteiger partial charge is 0.173 e. The van der Waals surface area contributed by atoms with Crippen LogP contribution in [0.2, 0.25) is 0 Å². The predicted octanol–water partition coefficient (Wildman–Crippen LogP) is 7.52. The molecule has 0 aromatic heterocycles. The van der Waals surface area contributed by atoms with E-state index in [1.165, 1.54) is 44.1 Å². The minimum Gasteiger partial charge on any atom is -0.453 e. The quantitative estimate of drug-likeness (QED) is 0.391. The lowest BCUT2D eigenvalue weighted by Crippen LogP contribution is -2.48. The van der Waals surface area contributed by atoms with E-state index in [9.17, 15) is 0 Å². The molecule has 7 rings (SSSR count). The molecule has 0 aliphatic heterocycles. The molecule has 0 radical (unpaired) electrons. The predicted molar refractivity (Wildman–Crippen MR) is 138 cm³/mol. The summed E-state index contributed by atoms with van der Waals surface area (Å²) in [6, 6.07) is 18.1. The van der Waals surface area contributed by atoms with Crippen LogP contribution in [0.1, 0.15) is 55.2 Å². The maximum atomic E-state index is 6.75. The van der Waals surface area contributed by atoms with Crippen molar-refractivity contribution in [1.82, 2.24) is 0 Å². The van der Waals surface area contributed by atoms with Crippen LogP contribution in [0.5, 0.6) is 23.0 Å². The van der Waals surface area contributed by atoms with E-state index in [1.54, 1.807) is 0 Å². The second-order valence-electron chi connectivity index (χ2n) is 11.1. The van der Waals surface area contributed by atoms with Gasteiger partial charge in [0, 0.05) is 29.1 Å². The number of rotatable bonds is 5. The number of benzene rings is 3. The average Bonchev–Trinajstić information content (AvgIpc) is 2.79. The van der Waals surface area contributed by atoms with Gasteiger partial charge in [0.05, 0.1) is 0 Å². The Morgan fingerprint density at radius 3 is 1.76 bits per heavy atom. The molecule has 0 unspecified atom stereocenters. The van der Waals surface area contributed by atoms with Gasteiger partial charge in [-0.3, -0.25) is 0 Å². The van der Waals surface area contributed by atoms with E-state index in [0.29, 0.717) is 11.4 Å². The minimum atomic E-state index is 0.169.